The Balaban J connectivity index is 1.67. The van der Waals surface area contributed by atoms with Crippen LogP contribution < -0.4 is 5.32 Å². The number of halogens is 2. The standard InChI is InChI=1S/C19H13BrClNO2/c20-14-6-9-17(16(21)12-14)22-19(23)11-8-15-7-10-18(24-15)13-4-2-1-3-5-13/h1-12H,(H,22,23)/b11-8+. The van der Waals surface area contributed by atoms with Crippen molar-refractivity contribution in [1.29, 1.82) is 0 Å². The van der Waals surface area contributed by atoms with Gasteiger partial charge < -0.3 is 9.73 Å². The zero-order valence-electron chi connectivity index (χ0n) is 12.5. The Kier molecular flexibility index (Phi) is 5.18. The highest BCUT2D eigenvalue weighted by atomic mass is 79.9. The van der Waals surface area contributed by atoms with Gasteiger partial charge in [-0.2, -0.15) is 0 Å². The van der Waals surface area contributed by atoms with Crippen molar-refractivity contribution in [3.8, 4) is 11.3 Å². The van der Waals surface area contributed by atoms with Gasteiger partial charge in [-0.15, -0.1) is 0 Å². The molecule has 120 valence electrons. The highest BCUT2D eigenvalue weighted by Gasteiger charge is 2.05. The van der Waals surface area contributed by atoms with Gasteiger partial charge in [0.2, 0.25) is 5.91 Å². The minimum absolute atomic E-state index is 0.281. The van der Waals surface area contributed by atoms with Crippen LogP contribution >= 0.6 is 27.5 Å². The largest absolute Gasteiger partial charge is 0.457 e. The van der Waals surface area contributed by atoms with Gasteiger partial charge in [0.05, 0.1) is 10.7 Å². The molecule has 0 aliphatic rings. The highest BCUT2D eigenvalue weighted by molar-refractivity contribution is 9.10. The first-order valence-electron chi connectivity index (χ1n) is 7.21. The fraction of sp³-hybridized carbons (Fsp3) is 0. The third-order valence-electron chi connectivity index (χ3n) is 3.27. The summed E-state index contributed by atoms with van der Waals surface area (Å²) in [4.78, 5) is 12.0. The molecule has 5 heteroatoms. The smallest absolute Gasteiger partial charge is 0.248 e. The van der Waals surface area contributed by atoms with Gasteiger partial charge in [-0.1, -0.05) is 57.9 Å². The van der Waals surface area contributed by atoms with Crippen molar-refractivity contribution < 1.29 is 9.21 Å². The minimum Gasteiger partial charge on any atom is -0.457 e. The van der Waals surface area contributed by atoms with E-state index in [1.165, 1.54) is 6.08 Å². The molecule has 1 N–H and O–H groups in total. The van der Waals surface area contributed by atoms with E-state index in [4.69, 9.17) is 16.0 Å². The Labute approximate surface area is 153 Å². The number of carbonyl (C=O) groups is 1. The maximum Gasteiger partial charge on any atom is 0.248 e. The predicted octanol–water partition coefficient (Wildman–Crippen LogP) is 6.01. The van der Waals surface area contributed by atoms with Crippen LogP contribution in [0.2, 0.25) is 5.02 Å². The third-order valence-corrected chi connectivity index (χ3v) is 4.08. The normalized spacial score (nSPS) is 10.9. The second kappa shape index (κ2) is 7.51. The second-order valence-electron chi connectivity index (χ2n) is 5.01. The first-order valence-corrected chi connectivity index (χ1v) is 8.38. The number of nitrogens with one attached hydrogen (secondary N) is 1. The Morgan fingerprint density at radius 1 is 1.08 bits per heavy atom. The molecule has 0 aliphatic carbocycles. The summed E-state index contributed by atoms with van der Waals surface area (Å²) in [5, 5.41) is 3.19. The average molecular weight is 403 g/mol. The van der Waals surface area contributed by atoms with Gasteiger partial charge in [0, 0.05) is 16.1 Å². The molecular formula is C19H13BrClNO2. The van der Waals surface area contributed by atoms with Crippen LogP contribution in [0.1, 0.15) is 5.76 Å². The molecule has 0 bridgehead atoms. The molecule has 0 saturated heterocycles. The lowest BCUT2D eigenvalue weighted by atomic mass is 10.2. The van der Waals surface area contributed by atoms with Crippen LogP contribution in [0.4, 0.5) is 5.69 Å². The molecule has 3 aromatic rings. The molecule has 0 spiro atoms. The molecule has 0 atom stereocenters. The Morgan fingerprint density at radius 2 is 1.88 bits per heavy atom. The quantitative estimate of drug-likeness (QED) is 0.543. The molecule has 24 heavy (non-hydrogen) atoms. The molecule has 1 amide bonds. The number of rotatable bonds is 4. The van der Waals surface area contributed by atoms with E-state index in [9.17, 15) is 4.79 Å². The van der Waals surface area contributed by atoms with Gasteiger partial charge in [-0.3, -0.25) is 4.79 Å². The average Bonchev–Trinajstić information content (AvgIpc) is 3.05. The minimum atomic E-state index is -0.281. The summed E-state index contributed by atoms with van der Waals surface area (Å²) < 4.78 is 6.56. The SMILES string of the molecule is O=C(/C=C/c1ccc(-c2ccccc2)o1)Nc1ccc(Br)cc1Cl. The molecule has 0 radical (unpaired) electrons. The van der Waals surface area contributed by atoms with Crippen LogP contribution in [0.5, 0.6) is 0 Å². The number of furan rings is 1. The maximum absolute atomic E-state index is 12.0. The fourth-order valence-electron chi connectivity index (χ4n) is 2.12. The van der Waals surface area contributed by atoms with Crippen molar-refractivity contribution in [3.05, 3.63) is 82.0 Å². The van der Waals surface area contributed by atoms with Crippen molar-refractivity contribution in [2.24, 2.45) is 0 Å². The predicted molar refractivity (Wildman–Crippen MR) is 101 cm³/mol. The number of hydrogen-bond acceptors (Lipinski definition) is 2. The summed E-state index contributed by atoms with van der Waals surface area (Å²) in [6.45, 7) is 0. The first kappa shape index (κ1) is 16.6. The molecule has 1 aromatic heterocycles. The molecule has 3 nitrogen and oxygen atoms in total. The van der Waals surface area contributed by atoms with Crippen LogP contribution in [0.3, 0.4) is 0 Å². The number of amides is 1. The van der Waals surface area contributed by atoms with E-state index in [-0.39, 0.29) is 5.91 Å². The van der Waals surface area contributed by atoms with Gasteiger partial charge >= 0.3 is 0 Å². The number of carbonyl (C=O) groups excluding carboxylic acids is 1. The van der Waals surface area contributed by atoms with E-state index in [2.05, 4.69) is 21.2 Å². The summed E-state index contributed by atoms with van der Waals surface area (Å²) in [6, 6.07) is 18.7. The Bertz CT molecular complexity index is 887. The summed E-state index contributed by atoms with van der Waals surface area (Å²) in [5.41, 5.74) is 1.54. The summed E-state index contributed by atoms with van der Waals surface area (Å²) >= 11 is 9.40. The van der Waals surface area contributed by atoms with Crippen LogP contribution in [0.15, 0.2) is 75.6 Å². The fourth-order valence-corrected chi connectivity index (χ4v) is 2.84. The van der Waals surface area contributed by atoms with Crippen LogP contribution in [-0.2, 0) is 4.79 Å². The van der Waals surface area contributed by atoms with Gasteiger partial charge in [0.1, 0.15) is 11.5 Å². The van der Waals surface area contributed by atoms with Crippen molar-refractivity contribution >= 4 is 45.2 Å². The van der Waals surface area contributed by atoms with Gasteiger partial charge in [0.25, 0.3) is 0 Å². The summed E-state index contributed by atoms with van der Waals surface area (Å²) in [5.74, 6) is 1.08. The van der Waals surface area contributed by atoms with E-state index in [0.29, 0.717) is 16.5 Å². The molecule has 3 rings (SSSR count). The lowest BCUT2D eigenvalue weighted by Gasteiger charge is -2.04. The van der Waals surface area contributed by atoms with Crippen LogP contribution in [0, 0.1) is 0 Å². The van der Waals surface area contributed by atoms with Crippen LogP contribution in [-0.4, -0.2) is 5.91 Å². The topological polar surface area (TPSA) is 42.2 Å². The lowest BCUT2D eigenvalue weighted by molar-refractivity contribution is -0.111. The first-order chi connectivity index (χ1) is 11.6. The van der Waals surface area contributed by atoms with Crippen LogP contribution in [0.25, 0.3) is 17.4 Å². The molecule has 0 unspecified atom stereocenters. The number of hydrogen-bond donors (Lipinski definition) is 1. The monoisotopic (exact) mass is 401 g/mol. The van der Waals surface area contributed by atoms with Crippen molar-refractivity contribution in [2.45, 2.75) is 0 Å². The van der Waals surface area contributed by atoms with Gasteiger partial charge in [-0.25, -0.2) is 0 Å². The second-order valence-corrected chi connectivity index (χ2v) is 6.34. The van der Waals surface area contributed by atoms with E-state index in [0.717, 1.165) is 15.8 Å². The highest BCUT2D eigenvalue weighted by Crippen LogP contribution is 2.26. The lowest BCUT2D eigenvalue weighted by Crippen LogP contribution is -2.07. The van der Waals surface area contributed by atoms with Gasteiger partial charge in [0.15, 0.2) is 0 Å². The molecule has 0 aliphatic heterocycles. The van der Waals surface area contributed by atoms with E-state index >= 15 is 0 Å². The van der Waals surface area contributed by atoms with Crippen molar-refractivity contribution in [3.63, 3.8) is 0 Å². The number of anilines is 1. The summed E-state index contributed by atoms with van der Waals surface area (Å²) in [7, 11) is 0. The molecule has 2 aromatic carbocycles. The van der Waals surface area contributed by atoms with E-state index < -0.39 is 0 Å². The molecular weight excluding hydrogens is 390 g/mol. The van der Waals surface area contributed by atoms with Gasteiger partial charge in [-0.05, 0) is 36.4 Å². The van der Waals surface area contributed by atoms with E-state index in [1.807, 2.05) is 48.5 Å². The molecule has 1 heterocycles. The Hall–Kier alpha value is -2.30. The zero-order chi connectivity index (χ0) is 16.9. The summed E-state index contributed by atoms with van der Waals surface area (Å²) in [6.07, 6.45) is 3.03. The molecule has 0 fully saturated rings. The van der Waals surface area contributed by atoms with E-state index in [1.54, 1.807) is 18.2 Å². The Morgan fingerprint density at radius 3 is 2.62 bits per heavy atom. The third kappa shape index (κ3) is 4.16. The van der Waals surface area contributed by atoms with Crippen molar-refractivity contribution in [2.75, 3.05) is 5.32 Å². The number of benzene rings is 2. The van der Waals surface area contributed by atoms with Crippen molar-refractivity contribution in [1.82, 2.24) is 0 Å². The maximum atomic E-state index is 12.0. The molecule has 0 saturated carbocycles. The zero-order valence-corrected chi connectivity index (χ0v) is 14.8.